The molecule has 106 valence electrons. The number of nitrogens with zero attached hydrogens (tertiary/aromatic N) is 2. The third kappa shape index (κ3) is 3.53. The number of hydrogen-bond acceptors (Lipinski definition) is 4. The molecule has 3 atom stereocenters. The van der Waals surface area contributed by atoms with Gasteiger partial charge in [0.1, 0.15) is 0 Å². The first-order valence-electron chi connectivity index (χ1n) is 7.27. The molecular weight excluding hydrogens is 238 g/mol. The number of aliphatic hydroxyl groups is 1. The Labute approximate surface area is 115 Å². The van der Waals surface area contributed by atoms with Gasteiger partial charge in [0.2, 0.25) is 0 Å². The average Bonchev–Trinajstić information content (AvgIpc) is 2.48. The summed E-state index contributed by atoms with van der Waals surface area (Å²) in [7, 11) is 0. The highest BCUT2D eigenvalue weighted by Gasteiger charge is 2.30. The fraction of sp³-hybridized carbons (Fsp3) is 0.667. The van der Waals surface area contributed by atoms with Crippen LogP contribution in [0.1, 0.15) is 37.9 Å². The number of hydrogen-bond donors (Lipinski definition) is 2. The van der Waals surface area contributed by atoms with E-state index in [2.05, 4.69) is 22.9 Å². The van der Waals surface area contributed by atoms with Crippen molar-refractivity contribution in [3.63, 3.8) is 0 Å². The Morgan fingerprint density at radius 3 is 3.00 bits per heavy atom. The predicted molar refractivity (Wildman–Crippen MR) is 76.6 cm³/mol. The molecule has 0 bridgehead atoms. The Morgan fingerprint density at radius 1 is 1.53 bits per heavy atom. The van der Waals surface area contributed by atoms with Crippen molar-refractivity contribution in [2.45, 2.75) is 38.3 Å². The summed E-state index contributed by atoms with van der Waals surface area (Å²) in [4.78, 5) is 6.89. The number of nitrogens with two attached hydrogens (primary N) is 1. The van der Waals surface area contributed by atoms with E-state index in [0.717, 1.165) is 38.0 Å². The van der Waals surface area contributed by atoms with Crippen molar-refractivity contribution in [1.29, 1.82) is 0 Å². The van der Waals surface area contributed by atoms with E-state index in [-0.39, 0.29) is 18.7 Å². The van der Waals surface area contributed by atoms with Crippen LogP contribution in [0.2, 0.25) is 0 Å². The van der Waals surface area contributed by atoms with Crippen LogP contribution in [0, 0.1) is 5.92 Å². The van der Waals surface area contributed by atoms with Gasteiger partial charge in [-0.15, -0.1) is 0 Å². The Kier molecular flexibility index (Phi) is 5.31. The summed E-state index contributed by atoms with van der Waals surface area (Å²) in [5.41, 5.74) is 7.37. The smallest absolute Gasteiger partial charge is 0.0673 e. The van der Waals surface area contributed by atoms with Gasteiger partial charge in [0.05, 0.1) is 11.7 Å². The van der Waals surface area contributed by atoms with Crippen molar-refractivity contribution in [2.75, 3.05) is 19.7 Å². The first kappa shape index (κ1) is 14.4. The Morgan fingerprint density at radius 2 is 2.37 bits per heavy atom. The lowest BCUT2D eigenvalue weighted by Gasteiger charge is -2.40. The first-order valence-corrected chi connectivity index (χ1v) is 7.27. The molecule has 0 aliphatic carbocycles. The van der Waals surface area contributed by atoms with Crippen LogP contribution in [0.5, 0.6) is 0 Å². The van der Waals surface area contributed by atoms with Crippen molar-refractivity contribution >= 4 is 0 Å². The van der Waals surface area contributed by atoms with Crippen LogP contribution in [0.15, 0.2) is 24.4 Å². The van der Waals surface area contributed by atoms with Crippen molar-refractivity contribution < 1.29 is 5.11 Å². The standard InChI is InChI=1S/C15H25N3O/c1-2-13(16)15(14-7-3-4-8-17-14)18-9-5-6-12(10-18)11-19/h3-4,7-8,12-13,15,19H,2,5-6,9-11,16H2,1H3. The maximum atomic E-state index is 9.38. The molecule has 1 saturated heterocycles. The van der Waals surface area contributed by atoms with E-state index in [9.17, 15) is 5.11 Å². The zero-order valence-electron chi connectivity index (χ0n) is 11.7. The molecule has 0 spiro atoms. The van der Waals surface area contributed by atoms with Crippen LogP contribution >= 0.6 is 0 Å². The van der Waals surface area contributed by atoms with Crippen LogP contribution in [-0.4, -0.2) is 40.7 Å². The molecule has 4 nitrogen and oxygen atoms in total. The molecule has 3 N–H and O–H groups in total. The molecule has 19 heavy (non-hydrogen) atoms. The highest BCUT2D eigenvalue weighted by atomic mass is 16.3. The molecular formula is C15H25N3O. The van der Waals surface area contributed by atoms with Crippen molar-refractivity contribution in [1.82, 2.24) is 9.88 Å². The van der Waals surface area contributed by atoms with Gasteiger partial charge in [-0.1, -0.05) is 13.0 Å². The molecule has 2 heterocycles. The van der Waals surface area contributed by atoms with Gasteiger partial charge < -0.3 is 10.8 Å². The van der Waals surface area contributed by atoms with Gasteiger partial charge in [-0.3, -0.25) is 9.88 Å². The van der Waals surface area contributed by atoms with Gasteiger partial charge in [0.15, 0.2) is 0 Å². The van der Waals surface area contributed by atoms with Crippen LogP contribution in [0.3, 0.4) is 0 Å². The maximum absolute atomic E-state index is 9.38. The molecule has 2 rings (SSSR count). The summed E-state index contributed by atoms with van der Waals surface area (Å²) in [6, 6.07) is 6.27. The van der Waals surface area contributed by atoms with Crippen LogP contribution in [-0.2, 0) is 0 Å². The topological polar surface area (TPSA) is 62.4 Å². The van der Waals surface area contributed by atoms with E-state index in [4.69, 9.17) is 5.73 Å². The Hall–Kier alpha value is -0.970. The van der Waals surface area contributed by atoms with E-state index in [1.165, 1.54) is 0 Å². The molecule has 3 unspecified atom stereocenters. The van der Waals surface area contributed by atoms with E-state index >= 15 is 0 Å². The monoisotopic (exact) mass is 263 g/mol. The molecule has 1 aromatic heterocycles. The lowest BCUT2D eigenvalue weighted by atomic mass is 9.93. The quantitative estimate of drug-likeness (QED) is 0.846. The first-order chi connectivity index (χ1) is 9.26. The van der Waals surface area contributed by atoms with Crippen molar-refractivity contribution in [3.05, 3.63) is 30.1 Å². The van der Waals surface area contributed by atoms with E-state index in [1.807, 2.05) is 18.3 Å². The highest BCUT2D eigenvalue weighted by molar-refractivity contribution is 5.12. The van der Waals surface area contributed by atoms with E-state index in [1.54, 1.807) is 0 Å². The number of piperidine rings is 1. The minimum atomic E-state index is 0.0901. The van der Waals surface area contributed by atoms with E-state index < -0.39 is 0 Å². The molecule has 1 aromatic rings. The second-order valence-corrected chi connectivity index (χ2v) is 5.46. The summed E-state index contributed by atoms with van der Waals surface area (Å²) in [6.45, 7) is 4.36. The molecule has 1 aliphatic rings. The van der Waals surface area contributed by atoms with Gasteiger partial charge in [-0.05, 0) is 43.9 Å². The SMILES string of the molecule is CCC(N)C(c1ccccn1)N1CCCC(CO)C1. The van der Waals surface area contributed by atoms with Crippen molar-refractivity contribution in [2.24, 2.45) is 11.7 Å². The molecule has 1 aliphatic heterocycles. The second-order valence-electron chi connectivity index (χ2n) is 5.46. The third-order valence-electron chi connectivity index (χ3n) is 4.07. The fourth-order valence-electron chi connectivity index (χ4n) is 2.95. The van der Waals surface area contributed by atoms with Crippen LogP contribution in [0.25, 0.3) is 0 Å². The van der Waals surface area contributed by atoms with Crippen LogP contribution in [0.4, 0.5) is 0 Å². The van der Waals surface area contributed by atoms with E-state index in [0.29, 0.717) is 5.92 Å². The molecule has 4 heteroatoms. The number of aliphatic hydroxyl groups excluding tert-OH is 1. The number of likely N-dealkylation sites (tertiary alicyclic amines) is 1. The van der Waals surface area contributed by atoms with Gasteiger partial charge in [0, 0.05) is 25.4 Å². The summed E-state index contributed by atoms with van der Waals surface area (Å²) >= 11 is 0. The van der Waals surface area contributed by atoms with Gasteiger partial charge >= 0.3 is 0 Å². The predicted octanol–water partition coefficient (Wildman–Crippen LogP) is 1.56. The highest BCUT2D eigenvalue weighted by Crippen LogP contribution is 2.28. The summed E-state index contributed by atoms with van der Waals surface area (Å²) < 4.78 is 0. The van der Waals surface area contributed by atoms with Gasteiger partial charge in [-0.2, -0.15) is 0 Å². The zero-order valence-corrected chi connectivity index (χ0v) is 11.7. The second kappa shape index (κ2) is 6.98. The molecule has 0 radical (unpaired) electrons. The zero-order chi connectivity index (χ0) is 13.7. The number of aromatic nitrogens is 1. The molecule has 0 aromatic carbocycles. The third-order valence-corrected chi connectivity index (χ3v) is 4.07. The summed E-state index contributed by atoms with van der Waals surface area (Å²) in [5.74, 6) is 0.379. The van der Waals surface area contributed by atoms with Gasteiger partial charge in [0.25, 0.3) is 0 Å². The number of rotatable bonds is 5. The minimum absolute atomic E-state index is 0.0901. The largest absolute Gasteiger partial charge is 0.396 e. The maximum Gasteiger partial charge on any atom is 0.0673 e. The average molecular weight is 263 g/mol. The lowest BCUT2D eigenvalue weighted by Crippen LogP contribution is -2.46. The normalized spacial score (nSPS) is 24.1. The van der Waals surface area contributed by atoms with Gasteiger partial charge in [-0.25, -0.2) is 0 Å². The lowest BCUT2D eigenvalue weighted by molar-refractivity contribution is 0.0747. The number of pyridine rings is 1. The Balaban J connectivity index is 2.18. The molecule has 0 amide bonds. The molecule has 1 fully saturated rings. The van der Waals surface area contributed by atoms with Crippen LogP contribution < -0.4 is 5.73 Å². The summed E-state index contributed by atoms with van der Waals surface area (Å²) in [5, 5.41) is 9.38. The van der Waals surface area contributed by atoms with Crippen molar-refractivity contribution in [3.8, 4) is 0 Å². The fourth-order valence-corrected chi connectivity index (χ4v) is 2.95. The summed E-state index contributed by atoms with van der Waals surface area (Å²) in [6.07, 6.45) is 5.01. The Bertz CT molecular complexity index is 371. The molecule has 0 saturated carbocycles. The minimum Gasteiger partial charge on any atom is -0.396 e.